The number of furan rings is 1. The summed E-state index contributed by atoms with van der Waals surface area (Å²) in [6.07, 6.45) is 0. The van der Waals surface area contributed by atoms with Gasteiger partial charge in [-0.1, -0.05) is 129 Å². The average Bonchev–Trinajstić information content (AvgIpc) is 3.83. The number of aromatic nitrogens is 4. The third kappa shape index (κ3) is 4.40. The van der Waals surface area contributed by atoms with E-state index in [9.17, 15) is 0 Å². The fraction of sp³-hybridized carbons (Fsp3) is 0.0625. The number of fused-ring (bicyclic) bond motifs is 10. The van der Waals surface area contributed by atoms with Crippen molar-refractivity contribution in [2.75, 3.05) is 0 Å². The molecule has 53 heavy (non-hydrogen) atoms. The van der Waals surface area contributed by atoms with Gasteiger partial charge in [-0.15, -0.1) is 0 Å². The van der Waals surface area contributed by atoms with E-state index >= 15 is 0 Å². The number of benzene rings is 7. The molecule has 5 heteroatoms. The highest BCUT2D eigenvalue weighted by molar-refractivity contribution is 6.24. The van der Waals surface area contributed by atoms with Crippen LogP contribution in [-0.4, -0.2) is 19.5 Å². The molecular weight excluding hydrogens is 649 g/mol. The monoisotopic (exact) mass is 680 g/mol. The quantitative estimate of drug-likeness (QED) is 0.186. The molecule has 0 radical (unpaired) electrons. The summed E-state index contributed by atoms with van der Waals surface area (Å²) in [4.78, 5) is 14.9. The fourth-order valence-electron chi connectivity index (χ4n) is 8.48. The zero-order chi connectivity index (χ0) is 35.3. The maximum absolute atomic E-state index is 6.90. The molecule has 1 aliphatic carbocycles. The van der Waals surface area contributed by atoms with Gasteiger partial charge in [-0.05, 0) is 64.7 Å². The zero-order valence-corrected chi connectivity index (χ0v) is 29.2. The highest BCUT2D eigenvalue weighted by atomic mass is 16.3. The van der Waals surface area contributed by atoms with E-state index in [-0.39, 0.29) is 5.41 Å². The van der Waals surface area contributed by atoms with Crippen molar-refractivity contribution in [1.82, 2.24) is 19.5 Å². The summed E-state index contributed by atoms with van der Waals surface area (Å²) in [5, 5.41) is 4.53. The molecule has 0 N–H and O–H groups in total. The van der Waals surface area contributed by atoms with Crippen LogP contribution in [-0.2, 0) is 5.41 Å². The van der Waals surface area contributed by atoms with Crippen LogP contribution < -0.4 is 0 Å². The molecule has 10 aromatic rings. The Hall–Kier alpha value is -6.85. The Morgan fingerprint density at radius 2 is 1.11 bits per heavy atom. The summed E-state index contributed by atoms with van der Waals surface area (Å²) in [5.41, 5.74) is 13.0. The molecule has 5 nitrogen and oxygen atoms in total. The minimum atomic E-state index is -0.0995. The first-order chi connectivity index (χ1) is 26.0. The number of rotatable bonds is 4. The van der Waals surface area contributed by atoms with E-state index in [0.29, 0.717) is 17.5 Å². The third-order valence-electron chi connectivity index (χ3n) is 11.0. The molecule has 250 valence electrons. The van der Waals surface area contributed by atoms with Crippen molar-refractivity contribution in [2.45, 2.75) is 19.3 Å². The van der Waals surface area contributed by atoms with Crippen LogP contribution >= 0.6 is 0 Å². The highest BCUT2D eigenvalue weighted by Gasteiger charge is 2.36. The van der Waals surface area contributed by atoms with Gasteiger partial charge in [-0.3, -0.25) is 0 Å². The largest absolute Gasteiger partial charge is 0.455 e. The van der Waals surface area contributed by atoms with E-state index in [1.54, 1.807) is 0 Å². The maximum atomic E-state index is 6.90. The number of hydrogen-bond acceptors (Lipinski definition) is 4. The lowest BCUT2D eigenvalue weighted by atomic mass is 9.82. The van der Waals surface area contributed by atoms with Crippen molar-refractivity contribution in [1.29, 1.82) is 0 Å². The molecule has 0 bridgehead atoms. The summed E-state index contributed by atoms with van der Waals surface area (Å²) in [6, 6.07) is 55.2. The Balaban J connectivity index is 1.11. The lowest BCUT2D eigenvalue weighted by Crippen LogP contribution is -2.14. The summed E-state index contributed by atoms with van der Waals surface area (Å²) in [5.74, 6) is 1.90. The summed E-state index contributed by atoms with van der Waals surface area (Å²) in [6.45, 7) is 4.63. The summed E-state index contributed by atoms with van der Waals surface area (Å²) >= 11 is 0. The SMILES string of the molecule is CC1(C)c2ccccc2-c2cc3c(cc21)oc1c3ccc2c1c1ccccc1n2-c1cccc(-c2nc(-c3ccccc3)nc(-c3ccccc3)n2)c1. The van der Waals surface area contributed by atoms with E-state index in [1.807, 2.05) is 60.7 Å². The molecule has 7 aromatic carbocycles. The van der Waals surface area contributed by atoms with E-state index in [1.165, 1.54) is 22.3 Å². The Labute approximate surface area is 305 Å². The molecule has 0 fully saturated rings. The minimum absolute atomic E-state index is 0.0995. The van der Waals surface area contributed by atoms with Gasteiger partial charge in [0, 0.05) is 44.0 Å². The number of para-hydroxylation sites is 1. The van der Waals surface area contributed by atoms with Gasteiger partial charge >= 0.3 is 0 Å². The Morgan fingerprint density at radius 3 is 1.87 bits per heavy atom. The molecule has 0 atom stereocenters. The van der Waals surface area contributed by atoms with E-state index in [0.717, 1.165) is 66.1 Å². The van der Waals surface area contributed by atoms with Crippen LogP contribution in [0.15, 0.2) is 162 Å². The van der Waals surface area contributed by atoms with Crippen LogP contribution in [0.25, 0.3) is 94.7 Å². The first-order valence-electron chi connectivity index (χ1n) is 18.0. The van der Waals surface area contributed by atoms with Crippen molar-refractivity contribution in [2.24, 2.45) is 0 Å². The predicted octanol–water partition coefficient (Wildman–Crippen LogP) is 12.2. The summed E-state index contributed by atoms with van der Waals surface area (Å²) < 4.78 is 9.23. The van der Waals surface area contributed by atoms with Gasteiger partial charge < -0.3 is 8.98 Å². The average molecular weight is 681 g/mol. The molecule has 0 amide bonds. The molecule has 0 saturated heterocycles. The van der Waals surface area contributed by atoms with Crippen molar-refractivity contribution in [3.63, 3.8) is 0 Å². The van der Waals surface area contributed by atoms with Gasteiger partial charge in [0.15, 0.2) is 17.5 Å². The van der Waals surface area contributed by atoms with E-state index < -0.39 is 0 Å². The van der Waals surface area contributed by atoms with Crippen LogP contribution in [0.5, 0.6) is 0 Å². The second-order valence-electron chi connectivity index (χ2n) is 14.4. The smallest absolute Gasteiger partial charge is 0.164 e. The number of nitrogens with zero attached hydrogens (tertiary/aromatic N) is 4. The predicted molar refractivity (Wildman–Crippen MR) is 215 cm³/mol. The lowest BCUT2D eigenvalue weighted by Gasteiger charge is -2.21. The van der Waals surface area contributed by atoms with Crippen LogP contribution in [0.4, 0.5) is 0 Å². The molecule has 0 aliphatic heterocycles. The number of hydrogen-bond donors (Lipinski definition) is 0. The van der Waals surface area contributed by atoms with Crippen LogP contribution in [0.2, 0.25) is 0 Å². The van der Waals surface area contributed by atoms with Crippen molar-refractivity contribution in [3.05, 3.63) is 169 Å². The van der Waals surface area contributed by atoms with Crippen molar-refractivity contribution in [3.8, 4) is 51.0 Å². The van der Waals surface area contributed by atoms with Gasteiger partial charge in [0.1, 0.15) is 11.2 Å². The Kier molecular flexibility index (Phi) is 6.23. The molecule has 0 spiro atoms. The lowest BCUT2D eigenvalue weighted by molar-refractivity contribution is 0.649. The van der Waals surface area contributed by atoms with Crippen LogP contribution in [0.3, 0.4) is 0 Å². The molecule has 1 aliphatic rings. The van der Waals surface area contributed by atoms with E-state index in [4.69, 9.17) is 19.4 Å². The zero-order valence-electron chi connectivity index (χ0n) is 29.2. The normalized spacial score (nSPS) is 13.2. The van der Waals surface area contributed by atoms with Gasteiger partial charge in [0.2, 0.25) is 0 Å². The van der Waals surface area contributed by atoms with Crippen molar-refractivity contribution >= 4 is 43.7 Å². The molecule has 0 unspecified atom stereocenters. The first-order valence-corrected chi connectivity index (χ1v) is 18.0. The van der Waals surface area contributed by atoms with Gasteiger partial charge in [0.25, 0.3) is 0 Å². The second-order valence-corrected chi connectivity index (χ2v) is 14.4. The standard InChI is InChI=1S/C48H32N4O/c1-48(2)38-22-11-9-20-33(38)36-27-37-34-24-25-41-43(44(34)53-42(37)28-39(36)48)35-21-10-12-23-40(35)52(41)32-19-13-18-31(26-32)47-50-45(29-14-5-3-6-15-29)49-46(51-47)30-16-7-4-8-17-30/h3-28H,1-2H3. The second kappa shape index (κ2) is 11.1. The first kappa shape index (κ1) is 29.8. The van der Waals surface area contributed by atoms with Crippen LogP contribution in [0.1, 0.15) is 25.0 Å². The van der Waals surface area contributed by atoms with Crippen LogP contribution in [0, 0.1) is 0 Å². The van der Waals surface area contributed by atoms with E-state index in [2.05, 4.69) is 115 Å². The highest BCUT2D eigenvalue weighted by Crippen LogP contribution is 2.51. The topological polar surface area (TPSA) is 56.7 Å². The molecule has 3 aromatic heterocycles. The fourth-order valence-corrected chi connectivity index (χ4v) is 8.48. The molecule has 11 rings (SSSR count). The Bertz CT molecular complexity index is 3020. The Morgan fingerprint density at radius 1 is 0.472 bits per heavy atom. The van der Waals surface area contributed by atoms with Crippen molar-refractivity contribution < 1.29 is 4.42 Å². The maximum Gasteiger partial charge on any atom is 0.164 e. The molecule has 3 heterocycles. The summed E-state index contributed by atoms with van der Waals surface area (Å²) in [7, 11) is 0. The van der Waals surface area contributed by atoms with Gasteiger partial charge in [-0.2, -0.15) is 0 Å². The molecule has 0 saturated carbocycles. The van der Waals surface area contributed by atoms with Gasteiger partial charge in [-0.25, -0.2) is 15.0 Å². The molecular formula is C48H32N4O. The van der Waals surface area contributed by atoms with Gasteiger partial charge in [0.05, 0.1) is 16.4 Å². The minimum Gasteiger partial charge on any atom is -0.455 e. The third-order valence-corrected chi connectivity index (χ3v) is 11.0.